The van der Waals surface area contributed by atoms with Crippen LogP contribution in [-0.4, -0.2) is 44.2 Å². The SMILES string of the molecule is N#Cc1ccc(N2CCN(CCN)CC2)cc1. The number of nitrogens with zero attached hydrogens (tertiary/aromatic N) is 3. The molecule has 1 aliphatic heterocycles. The molecule has 0 amide bonds. The van der Waals surface area contributed by atoms with Crippen molar-refractivity contribution in [1.29, 1.82) is 5.26 Å². The van der Waals surface area contributed by atoms with Crippen molar-refractivity contribution < 1.29 is 0 Å². The Hall–Kier alpha value is -1.57. The summed E-state index contributed by atoms with van der Waals surface area (Å²) in [5.41, 5.74) is 7.47. The molecule has 0 saturated carbocycles. The van der Waals surface area contributed by atoms with Crippen molar-refractivity contribution in [3.8, 4) is 6.07 Å². The first-order chi connectivity index (χ1) is 8.33. The molecular weight excluding hydrogens is 212 g/mol. The third-order valence-corrected chi connectivity index (χ3v) is 3.18. The maximum absolute atomic E-state index is 8.75. The second-order valence-corrected chi connectivity index (χ2v) is 4.28. The van der Waals surface area contributed by atoms with E-state index >= 15 is 0 Å². The third-order valence-electron chi connectivity index (χ3n) is 3.18. The summed E-state index contributed by atoms with van der Waals surface area (Å²) in [7, 11) is 0. The van der Waals surface area contributed by atoms with E-state index in [1.54, 1.807) is 0 Å². The molecule has 17 heavy (non-hydrogen) atoms. The molecule has 1 saturated heterocycles. The van der Waals surface area contributed by atoms with Crippen LogP contribution < -0.4 is 10.6 Å². The molecule has 0 bridgehead atoms. The number of anilines is 1. The summed E-state index contributed by atoms with van der Waals surface area (Å²) >= 11 is 0. The summed E-state index contributed by atoms with van der Waals surface area (Å²) in [4.78, 5) is 4.74. The van der Waals surface area contributed by atoms with Crippen molar-refractivity contribution in [1.82, 2.24) is 4.90 Å². The van der Waals surface area contributed by atoms with Gasteiger partial charge in [0, 0.05) is 45.0 Å². The zero-order chi connectivity index (χ0) is 12.1. The van der Waals surface area contributed by atoms with Crippen LogP contribution in [0.15, 0.2) is 24.3 Å². The van der Waals surface area contributed by atoms with E-state index in [1.165, 1.54) is 5.69 Å². The van der Waals surface area contributed by atoms with Crippen LogP contribution in [0.5, 0.6) is 0 Å². The molecular formula is C13H18N4. The Balaban J connectivity index is 1.94. The lowest BCUT2D eigenvalue weighted by atomic mass is 10.2. The van der Waals surface area contributed by atoms with E-state index in [2.05, 4.69) is 15.9 Å². The summed E-state index contributed by atoms with van der Waals surface area (Å²) < 4.78 is 0. The van der Waals surface area contributed by atoms with E-state index in [-0.39, 0.29) is 0 Å². The average molecular weight is 230 g/mol. The molecule has 0 spiro atoms. The Labute approximate surface area is 102 Å². The van der Waals surface area contributed by atoms with Crippen molar-refractivity contribution in [2.45, 2.75) is 0 Å². The van der Waals surface area contributed by atoms with Crippen LogP contribution in [-0.2, 0) is 0 Å². The van der Waals surface area contributed by atoms with Gasteiger partial charge in [-0.05, 0) is 24.3 Å². The minimum absolute atomic E-state index is 0.718. The Kier molecular flexibility index (Phi) is 3.97. The minimum Gasteiger partial charge on any atom is -0.369 e. The maximum Gasteiger partial charge on any atom is 0.0991 e. The molecule has 1 aromatic carbocycles. The van der Waals surface area contributed by atoms with Crippen LogP contribution in [0.25, 0.3) is 0 Å². The number of hydrogen-bond acceptors (Lipinski definition) is 4. The van der Waals surface area contributed by atoms with Crippen molar-refractivity contribution in [3.05, 3.63) is 29.8 Å². The molecule has 90 valence electrons. The molecule has 1 aromatic rings. The second kappa shape index (κ2) is 5.67. The Morgan fingerprint density at radius 2 is 1.76 bits per heavy atom. The van der Waals surface area contributed by atoms with Gasteiger partial charge < -0.3 is 10.6 Å². The van der Waals surface area contributed by atoms with Crippen LogP contribution >= 0.6 is 0 Å². The highest BCUT2D eigenvalue weighted by molar-refractivity contribution is 5.50. The monoisotopic (exact) mass is 230 g/mol. The number of nitrogens with two attached hydrogens (primary N) is 1. The lowest BCUT2D eigenvalue weighted by Gasteiger charge is -2.35. The van der Waals surface area contributed by atoms with E-state index in [0.717, 1.165) is 44.8 Å². The maximum atomic E-state index is 8.75. The molecule has 2 N–H and O–H groups in total. The Morgan fingerprint density at radius 1 is 1.12 bits per heavy atom. The molecule has 4 nitrogen and oxygen atoms in total. The van der Waals surface area contributed by atoms with Crippen LogP contribution in [0.2, 0.25) is 0 Å². The van der Waals surface area contributed by atoms with Gasteiger partial charge in [0.05, 0.1) is 11.6 Å². The van der Waals surface area contributed by atoms with Crippen LogP contribution in [0.3, 0.4) is 0 Å². The first-order valence-electron chi connectivity index (χ1n) is 6.01. The van der Waals surface area contributed by atoms with Gasteiger partial charge in [-0.15, -0.1) is 0 Å². The van der Waals surface area contributed by atoms with Gasteiger partial charge in [0.2, 0.25) is 0 Å². The highest BCUT2D eigenvalue weighted by Gasteiger charge is 2.16. The van der Waals surface area contributed by atoms with Crippen molar-refractivity contribution >= 4 is 5.69 Å². The topological polar surface area (TPSA) is 56.3 Å². The normalized spacial score (nSPS) is 16.8. The van der Waals surface area contributed by atoms with E-state index in [9.17, 15) is 0 Å². The van der Waals surface area contributed by atoms with E-state index in [4.69, 9.17) is 11.0 Å². The molecule has 4 heteroatoms. The van der Waals surface area contributed by atoms with Crippen molar-refractivity contribution in [2.75, 3.05) is 44.2 Å². The highest BCUT2D eigenvalue weighted by Crippen LogP contribution is 2.16. The van der Waals surface area contributed by atoms with Gasteiger partial charge in [-0.1, -0.05) is 0 Å². The molecule has 0 unspecified atom stereocenters. The van der Waals surface area contributed by atoms with Crippen LogP contribution in [0, 0.1) is 11.3 Å². The van der Waals surface area contributed by atoms with Crippen LogP contribution in [0.1, 0.15) is 5.56 Å². The van der Waals surface area contributed by atoms with Crippen molar-refractivity contribution in [2.24, 2.45) is 5.73 Å². The Morgan fingerprint density at radius 3 is 2.29 bits per heavy atom. The lowest BCUT2D eigenvalue weighted by Crippen LogP contribution is -2.47. The standard InChI is InChI=1S/C13H18N4/c14-5-6-16-7-9-17(10-8-16)13-3-1-12(11-15)2-4-13/h1-4H,5-10,14H2. The minimum atomic E-state index is 0.718. The predicted octanol–water partition coefficient (Wildman–Crippen LogP) is 0.639. The lowest BCUT2D eigenvalue weighted by molar-refractivity contribution is 0.265. The van der Waals surface area contributed by atoms with Gasteiger partial charge >= 0.3 is 0 Å². The van der Waals surface area contributed by atoms with E-state index < -0.39 is 0 Å². The van der Waals surface area contributed by atoms with Crippen molar-refractivity contribution in [3.63, 3.8) is 0 Å². The van der Waals surface area contributed by atoms with Gasteiger partial charge in [0.1, 0.15) is 0 Å². The summed E-state index contributed by atoms with van der Waals surface area (Å²) in [5.74, 6) is 0. The summed E-state index contributed by atoms with van der Waals surface area (Å²) in [6, 6.07) is 9.94. The molecule has 1 aliphatic rings. The predicted molar refractivity (Wildman–Crippen MR) is 68.9 cm³/mol. The summed E-state index contributed by atoms with van der Waals surface area (Å²) in [6.45, 7) is 5.92. The summed E-state index contributed by atoms with van der Waals surface area (Å²) in [6.07, 6.45) is 0. The number of hydrogen-bond donors (Lipinski definition) is 1. The zero-order valence-electron chi connectivity index (χ0n) is 9.97. The van der Waals surface area contributed by atoms with Gasteiger partial charge in [-0.2, -0.15) is 5.26 Å². The van der Waals surface area contributed by atoms with Crippen LogP contribution in [0.4, 0.5) is 5.69 Å². The molecule has 1 heterocycles. The quantitative estimate of drug-likeness (QED) is 0.828. The number of nitriles is 1. The fourth-order valence-corrected chi connectivity index (χ4v) is 2.16. The molecule has 2 rings (SSSR count). The highest BCUT2D eigenvalue weighted by atomic mass is 15.3. The second-order valence-electron chi connectivity index (χ2n) is 4.28. The van der Waals surface area contributed by atoms with Gasteiger partial charge in [-0.3, -0.25) is 4.90 Å². The molecule has 0 atom stereocenters. The molecule has 0 radical (unpaired) electrons. The van der Waals surface area contributed by atoms with Gasteiger partial charge in [0.25, 0.3) is 0 Å². The zero-order valence-corrected chi connectivity index (χ0v) is 9.97. The largest absolute Gasteiger partial charge is 0.369 e. The van der Waals surface area contributed by atoms with E-state index in [1.807, 2.05) is 24.3 Å². The summed E-state index contributed by atoms with van der Waals surface area (Å²) in [5, 5.41) is 8.75. The van der Waals surface area contributed by atoms with Gasteiger partial charge in [0.15, 0.2) is 0 Å². The smallest absolute Gasteiger partial charge is 0.0991 e. The Bertz CT molecular complexity index is 385. The van der Waals surface area contributed by atoms with E-state index in [0.29, 0.717) is 0 Å². The first kappa shape index (κ1) is 11.9. The number of rotatable bonds is 3. The molecule has 0 aromatic heterocycles. The first-order valence-corrected chi connectivity index (χ1v) is 6.01. The van der Waals surface area contributed by atoms with Gasteiger partial charge in [-0.25, -0.2) is 0 Å². The molecule has 1 fully saturated rings. The molecule has 0 aliphatic carbocycles. The number of piperazine rings is 1. The fraction of sp³-hybridized carbons (Fsp3) is 0.462. The average Bonchev–Trinajstić information content (AvgIpc) is 2.40. The third kappa shape index (κ3) is 2.96. The number of benzene rings is 1. The fourth-order valence-electron chi connectivity index (χ4n) is 2.16.